The van der Waals surface area contributed by atoms with E-state index in [1.807, 2.05) is 4.90 Å². The van der Waals surface area contributed by atoms with E-state index in [-0.39, 0.29) is 10.8 Å². The predicted octanol–water partition coefficient (Wildman–Crippen LogP) is 1.98. The van der Waals surface area contributed by atoms with Gasteiger partial charge < -0.3 is 9.64 Å². The van der Waals surface area contributed by atoms with Crippen molar-refractivity contribution in [3.05, 3.63) is 18.1 Å². The normalized spacial score (nSPS) is 15.9. The van der Waals surface area contributed by atoms with E-state index < -0.39 is 11.9 Å². The third kappa shape index (κ3) is 3.39. The summed E-state index contributed by atoms with van der Waals surface area (Å²) in [7, 11) is 0. The summed E-state index contributed by atoms with van der Waals surface area (Å²) in [5.41, 5.74) is -1.02. The summed E-state index contributed by atoms with van der Waals surface area (Å²) in [6.07, 6.45) is -3.41. The van der Waals surface area contributed by atoms with E-state index in [9.17, 15) is 13.2 Å². The molecule has 1 saturated heterocycles. The van der Waals surface area contributed by atoms with E-state index in [4.69, 9.17) is 4.74 Å². The van der Waals surface area contributed by atoms with Crippen molar-refractivity contribution in [1.82, 2.24) is 29.8 Å². The Morgan fingerprint density at radius 2 is 2.00 bits per heavy atom. The molecule has 0 atom stereocenters. The quantitative estimate of drug-likeness (QED) is 0.629. The van der Waals surface area contributed by atoms with Crippen molar-refractivity contribution < 1.29 is 17.9 Å². The molecule has 25 heavy (non-hydrogen) atoms. The third-order valence-electron chi connectivity index (χ3n) is 3.38. The number of ether oxygens (including phenoxy) is 1. The van der Waals surface area contributed by atoms with Gasteiger partial charge in [0.2, 0.25) is 5.13 Å². The van der Waals surface area contributed by atoms with Gasteiger partial charge in [0.25, 0.3) is 5.78 Å². The van der Waals surface area contributed by atoms with Gasteiger partial charge in [0, 0.05) is 19.2 Å². The molecule has 0 radical (unpaired) electrons. The lowest BCUT2D eigenvalue weighted by Crippen LogP contribution is -2.36. The van der Waals surface area contributed by atoms with Crippen molar-refractivity contribution in [3.63, 3.8) is 0 Å². The molecule has 8 nitrogen and oxygen atoms in total. The number of alkyl halides is 3. The number of nitrogens with zero attached hydrogens (tertiary/aromatic N) is 7. The van der Waals surface area contributed by atoms with Crippen molar-refractivity contribution >= 4 is 34.0 Å². The van der Waals surface area contributed by atoms with Crippen LogP contribution in [0.4, 0.5) is 18.3 Å². The zero-order valence-electron chi connectivity index (χ0n) is 12.5. The standard InChI is InChI=1S/C12H10F3N7OS2/c13-12(14,15)7-5-8(22-9(18-7)16-6-17-22)24-11-20-19-10(25-11)21-1-3-23-4-2-21/h5-6H,1-4H2. The van der Waals surface area contributed by atoms with E-state index in [0.29, 0.717) is 35.8 Å². The highest BCUT2D eigenvalue weighted by molar-refractivity contribution is 8.01. The lowest BCUT2D eigenvalue weighted by atomic mass is 10.4. The molecular formula is C12H10F3N7OS2. The Morgan fingerprint density at radius 3 is 2.76 bits per heavy atom. The molecule has 4 rings (SSSR count). The van der Waals surface area contributed by atoms with Crippen molar-refractivity contribution in [2.45, 2.75) is 15.5 Å². The SMILES string of the molecule is FC(F)(F)c1cc(Sc2nnc(N3CCOCC3)s2)n2ncnc2n1. The topological polar surface area (TPSA) is 81.3 Å². The first kappa shape index (κ1) is 16.5. The predicted molar refractivity (Wildman–Crippen MR) is 82.8 cm³/mol. The van der Waals surface area contributed by atoms with Crippen LogP contribution in [0.1, 0.15) is 5.69 Å². The lowest BCUT2D eigenvalue weighted by Gasteiger charge is -2.25. The van der Waals surface area contributed by atoms with Gasteiger partial charge in [0.1, 0.15) is 11.4 Å². The fourth-order valence-corrected chi connectivity index (χ4v) is 4.14. The fourth-order valence-electron chi connectivity index (χ4n) is 2.22. The molecule has 4 heterocycles. The molecule has 0 bridgehead atoms. The summed E-state index contributed by atoms with van der Waals surface area (Å²) in [5.74, 6) is -0.116. The summed E-state index contributed by atoms with van der Waals surface area (Å²) >= 11 is 2.35. The van der Waals surface area contributed by atoms with Crippen LogP contribution in [0.3, 0.4) is 0 Å². The molecule has 1 aliphatic rings. The summed E-state index contributed by atoms with van der Waals surface area (Å²) in [4.78, 5) is 9.26. The van der Waals surface area contributed by atoms with Gasteiger partial charge in [0.15, 0.2) is 10.0 Å². The van der Waals surface area contributed by atoms with Gasteiger partial charge >= 0.3 is 6.18 Å². The van der Waals surface area contributed by atoms with Gasteiger partial charge in [-0.25, -0.2) is 4.98 Å². The molecule has 13 heteroatoms. The zero-order chi connectivity index (χ0) is 17.4. The second-order valence-corrected chi connectivity index (χ2v) is 7.22. The minimum absolute atomic E-state index is 0.116. The van der Waals surface area contributed by atoms with Gasteiger partial charge in [-0.2, -0.15) is 27.8 Å². The number of hydrogen-bond acceptors (Lipinski definition) is 9. The molecule has 0 unspecified atom stereocenters. The molecule has 132 valence electrons. The third-order valence-corrected chi connectivity index (χ3v) is 5.41. The second kappa shape index (κ2) is 6.38. The summed E-state index contributed by atoms with van der Waals surface area (Å²) < 4.78 is 46.1. The first-order chi connectivity index (χ1) is 12.0. The van der Waals surface area contributed by atoms with Crippen molar-refractivity contribution in [3.8, 4) is 0 Å². The maximum Gasteiger partial charge on any atom is 0.433 e. The van der Waals surface area contributed by atoms with Gasteiger partial charge in [-0.3, -0.25) is 0 Å². The Bertz CT molecular complexity index is 890. The van der Waals surface area contributed by atoms with Crippen LogP contribution in [0.2, 0.25) is 0 Å². The van der Waals surface area contributed by atoms with E-state index in [0.717, 1.165) is 24.2 Å². The van der Waals surface area contributed by atoms with Crippen molar-refractivity contribution in [1.29, 1.82) is 0 Å². The van der Waals surface area contributed by atoms with Gasteiger partial charge in [-0.15, -0.1) is 10.2 Å². The number of aromatic nitrogens is 6. The van der Waals surface area contributed by atoms with E-state index in [1.54, 1.807) is 0 Å². The average molecular weight is 389 g/mol. The molecule has 0 saturated carbocycles. The zero-order valence-corrected chi connectivity index (χ0v) is 14.1. The van der Waals surface area contributed by atoms with Crippen LogP contribution in [0.5, 0.6) is 0 Å². The molecular weight excluding hydrogens is 379 g/mol. The number of fused-ring (bicyclic) bond motifs is 1. The van der Waals surface area contributed by atoms with E-state index >= 15 is 0 Å². The molecule has 0 amide bonds. The van der Waals surface area contributed by atoms with Crippen LogP contribution in [-0.4, -0.2) is 56.1 Å². The Balaban J connectivity index is 1.64. The molecule has 0 aliphatic carbocycles. The molecule has 0 spiro atoms. The van der Waals surface area contributed by atoms with Crippen LogP contribution in [0.15, 0.2) is 21.8 Å². The maximum absolute atomic E-state index is 13.0. The van der Waals surface area contributed by atoms with Crippen LogP contribution in [0, 0.1) is 0 Å². The smallest absolute Gasteiger partial charge is 0.378 e. The van der Waals surface area contributed by atoms with Crippen LogP contribution >= 0.6 is 23.1 Å². The second-order valence-electron chi connectivity index (χ2n) is 5.00. The molecule has 0 aromatic carbocycles. The molecule has 3 aromatic heterocycles. The Kier molecular flexibility index (Phi) is 4.21. The van der Waals surface area contributed by atoms with Gasteiger partial charge in [-0.05, 0) is 11.8 Å². The minimum Gasteiger partial charge on any atom is -0.378 e. The first-order valence-corrected chi connectivity index (χ1v) is 8.76. The monoisotopic (exact) mass is 389 g/mol. The number of rotatable bonds is 3. The lowest BCUT2D eigenvalue weighted by molar-refractivity contribution is -0.141. The van der Waals surface area contributed by atoms with Crippen LogP contribution < -0.4 is 4.90 Å². The largest absolute Gasteiger partial charge is 0.433 e. The number of anilines is 1. The molecule has 3 aromatic rings. The Hall–Kier alpha value is -1.99. The summed E-state index contributed by atoms with van der Waals surface area (Å²) in [5, 5.41) is 13.0. The van der Waals surface area contributed by atoms with Crippen LogP contribution in [-0.2, 0) is 10.9 Å². The number of halogens is 3. The molecule has 1 fully saturated rings. The van der Waals surface area contributed by atoms with Crippen molar-refractivity contribution in [2.24, 2.45) is 0 Å². The Morgan fingerprint density at radius 1 is 1.20 bits per heavy atom. The first-order valence-electron chi connectivity index (χ1n) is 7.13. The van der Waals surface area contributed by atoms with Crippen LogP contribution in [0.25, 0.3) is 5.78 Å². The highest BCUT2D eigenvalue weighted by Gasteiger charge is 2.34. The Labute approximate surface area is 147 Å². The fraction of sp³-hybridized carbons (Fsp3) is 0.417. The summed E-state index contributed by atoms with van der Waals surface area (Å²) in [6.45, 7) is 2.64. The van der Waals surface area contributed by atoms with E-state index in [1.165, 1.54) is 15.9 Å². The van der Waals surface area contributed by atoms with Crippen molar-refractivity contribution in [2.75, 3.05) is 31.2 Å². The number of morpholine rings is 1. The van der Waals surface area contributed by atoms with Gasteiger partial charge in [0.05, 0.1) is 13.2 Å². The minimum atomic E-state index is -4.57. The average Bonchev–Trinajstić information content (AvgIpc) is 3.24. The molecule has 1 aliphatic heterocycles. The molecule has 0 N–H and O–H groups in total. The van der Waals surface area contributed by atoms with E-state index in [2.05, 4.69) is 25.3 Å². The highest BCUT2D eigenvalue weighted by atomic mass is 32.2. The number of hydrogen-bond donors (Lipinski definition) is 0. The summed E-state index contributed by atoms with van der Waals surface area (Å²) in [6, 6.07) is 0.933. The van der Waals surface area contributed by atoms with Gasteiger partial charge in [-0.1, -0.05) is 11.3 Å². The highest BCUT2D eigenvalue weighted by Crippen LogP contribution is 2.36. The maximum atomic E-state index is 13.0.